The van der Waals surface area contributed by atoms with Gasteiger partial charge in [-0.1, -0.05) is 11.2 Å². The van der Waals surface area contributed by atoms with Crippen LogP contribution in [0, 0.1) is 13.8 Å². The maximum absolute atomic E-state index is 12.4. The molecule has 0 saturated heterocycles. The van der Waals surface area contributed by atoms with E-state index in [9.17, 15) is 4.79 Å². The molecule has 1 amide bonds. The maximum Gasteiger partial charge on any atom is 0.251 e. The van der Waals surface area contributed by atoms with E-state index >= 15 is 0 Å². The van der Waals surface area contributed by atoms with E-state index in [-0.39, 0.29) is 12.5 Å². The van der Waals surface area contributed by atoms with E-state index in [1.54, 1.807) is 18.2 Å². The fourth-order valence-corrected chi connectivity index (χ4v) is 3.11. The third-order valence-corrected chi connectivity index (χ3v) is 4.81. The first-order chi connectivity index (χ1) is 12.6. The van der Waals surface area contributed by atoms with Gasteiger partial charge in [-0.15, -0.1) is 11.3 Å². The van der Waals surface area contributed by atoms with Crippen molar-refractivity contribution in [2.45, 2.75) is 20.4 Å². The first-order valence-corrected chi connectivity index (χ1v) is 8.88. The number of amides is 1. The molecule has 0 atom stereocenters. The van der Waals surface area contributed by atoms with Crippen LogP contribution in [-0.4, -0.2) is 26.0 Å². The largest absolute Gasteiger partial charge is 0.343 e. The van der Waals surface area contributed by atoms with Crippen molar-refractivity contribution in [1.29, 1.82) is 0 Å². The average molecular weight is 365 g/mol. The van der Waals surface area contributed by atoms with E-state index in [0.717, 1.165) is 21.8 Å². The molecule has 8 heteroatoms. The summed E-state index contributed by atoms with van der Waals surface area (Å²) in [4.78, 5) is 26.6. The van der Waals surface area contributed by atoms with Gasteiger partial charge in [0.25, 0.3) is 5.91 Å². The lowest BCUT2D eigenvalue weighted by atomic mass is 10.1. The van der Waals surface area contributed by atoms with Crippen LogP contribution in [0.15, 0.2) is 40.2 Å². The van der Waals surface area contributed by atoms with Crippen molar-refractivity contribution in [2.24, 2.45) is 0 Å². The molecule has 0 aliphatic heterocycles. The van der Waals surface area contributed by atoms with Gasteiger partial charge in [0.2, 0.25) is 11.7 Å². The van der Waals surface area contributed by atoms with Gasteiger partial charge in [0, 0.05) is 5.56 Å². The lowest BCUT2D eigenvalue weighted by Crippen LogP contribution is -2.23. The van der Waals surface area contributed by atoms with E-state index in [1.807, 2.05) is 31.4 Å². The third-order valence-electron chi connectivity index (χ3n) is 3.95. The van der Waals surface area contributed by atoms with Gasteiger partial charge < -0.3 is 9.84 Å². The van der Waals surface area contributed by atoms with Crippen LogP contribution in [-0.2, 0) is 6.54 Å². The standard InChI is InChI=1S/C18H15N5O2S/c1-10-11(2)21-14-8-12(5-6-13(14)20-10)18(24)19-9-16-22-17(23-25-16)15-4-3-7-26-15/h3-8H,9H2,1-2H3,(H,19,24). The highest BCUT2D eigenvalue weighted by atomic mass is 32.1. The molecule has 0 fully saturated rings. The Morgan fingerprint density at radius 3 is 2.69 bits per heavy atom. The molecule has 3 aromatic heterocycles. The molecule has 0 spiro atoms. The van der Waals surface area contributed by atoms with E-state index in [4.69, 9.17) is 4.52 Å². The number of nitrogens with zero attached hydrogens (tertiary/aromatic N) is 4. The molecule has 0 radical (unpaired) electrons. The predicted octanol–water partition coefficient (Wildman–Crippen LogP) is 3.29. The van der Waals surface area contributed by atoms with Gasteiger partial charge in [0.05, 0.1) is 33.8 Å². The molecule has 26 heavy (non-hydrogen) atoms. The molecule has 1 N–H and O–H groups in total. The highest BCUT2D eigenvalue weighted by molar-refractivity contribution is 7.13. The van der Waals surface area contributed by atoms with Gasteiger partial charge in [-0.25, -0.2) is 9.97 Å². The lowest BCUT2D eigenvalue weighted by Gasteiger charge is -2.05. The van der Waals surface area contributed by atoms with Crippen LogP contribution < -0.4 is 5.32 Å². The predicted molar refractivity (Wildman–Crippen MR) is 97.8 cm³/mol. The molecular weight excluding hydrogens is 350 g/mol. The van der Waals surface area contributed by atoms with Gasteiger partial charge in [-0.2, -0.15) is 4.98 Å². The van der Waals surface area contributed by atoms with Crippen LogP contribution >= 0.6 is 11.3 Å². The van der Waals surface area contributed by atoms with Crippen molar-refractivity contribution in [3.05, 3.63) is 58.6 Å². The number of hydrogen-bond acceptors (Lipinski definition) is 7. The van der Waals surface area contributed by atoms with Crippen molar-refractivity contribution in [2.75, 3.05) is 0 Å². The number of benzene rings is 1. The Balaban J connectivity index is 1.48. The van der Waals surface area contributed by atoms with Crippen LogP contribution in [0.1, 0.15) is 27.6 Å². The third kappa shape index (κ3) is 3.18. The second-order valence-corrected chi connectivity index (χ2v) is 6.72. The molecule has 0 bridgehead atoms. The summed E-state index contributed by atoms with van der Waals surface area (Å²) in [7, 11) is 0. The fourth-order valence-electron chi connectivity index (χ4n) is 2.46. The number of nitrogens with one attached hydrogen (secondary N) is 1. The van der Waals surface area contributed by atoms with Crippen molar-refractivity contribution in [3.63, 3.8) is 0 Å². The summed E-state index contributed by atoms with van der Waals surface area (Å²) in [5, 5.41) is 8.65. The highest BCUT2D eigenvalue weighted by Gasteiger charge is 2.12. The monoisotopic (exact) mass is 365 g/mol. The van der Waals surface area contributed by atoms with E-state index in [1.165, 1.54) is 11.3 Å². The summed E-state index contributed by atoms with van der Waals surface area (Å²) < 4.78 is 5.18. The minimum absolute atomic E-state index is 0.161. The van der Waals surface area contributed by atoms with Crippen LogP contribution in [0.5, 0.6) is 0 Å². The number of hydrogen-bond donors (Lipinski definition) is 1. The lowest BCUT2D eigenvalue weighted by molar-refractivity contribution is 0.0946. The van der Waals surface area contributed by atoms with Crippen LogP contribution in [0.2, 0.25) is 0 Å². The van der Waals surface area contributed by atoms with E-state index in [0.29, 0.717) is 22.8 Å². The molecule has 1 aromatic carbocycles. The Morgan fingerprint density at radius 2 is 1.92 bits per heavy atom. The molecule has 0 aliphatic carbocycles. The number of thiophene rings is 1. The van der Waals surface area contributed by atoms with Crippen molar-refractivity contribution in [3.8, 4) is 10.7 Å². The van der Waals surface area contributed by atoms with Crippen LogP contribution in [0.4, 0.5) is 0 Å². The quantitative estimate of drug-likeness (QED) is 0.596. The maximum atomic E-state index is 12.4. The number of aryl methyl sites for hydroxylation is 2. The average Bonchev–Trinajstić information content (AvgIpc) is 3.31. The topological polar surface area (TPSA) is 93.8 Å². The number of fused-ring (bicyclic) bond motifs is 1. The van der Waals surface area contributed by atoms with E-state index < -0.39 is 0 Å². The number of carbonyl (C=O) groups excluding carboxylic acids is 1. The highest BCUT2D eigenvalue weighted by Crippen LogP contribution is 2.21. The zero-order valence-corrected chi connectivity index (χ0v) is 15.0. The van der Waals surface area contributed by atoms with Gasteiger partial charge in [-0.3, -0.25) is 4.79 Å². The Labute approximate surface area is 153 Å². The molecule has 0 unspecified atom stereocenters. The molecule has 0 saturated carbocycles. The van der Waals surface area contributed by atoms with E-state index in [2.05, 4.69) is 25.4 Å². The Kier molecular flexibility index (Phi) is 4.18. The zero-order valence-electron chi connectivity index (χ0n) is 14.2. The smallest absolute Gasteiger partial charge is 0.251 e. The second-order valence-electron chi connectivity index (χ2n) is 5.77. The van der Waals surface area contributed by atoms with Gasteiger partial charge >= 0.3 is 0 Å². The second kappa shape index (κ2) is 6.64. The first-order valence-electron chi connectivity index (χ1n) is 8.00. The fraction of sp³-hybridized carbons (Fsp3) is 0.167. The molecule has 4 rings (SSSR count). The van der Waals surface area contributed by atoms with Gasteiger partial charge in [-0.05, 0) is 43.5 Å². The Hall–Kier alpha value is -3.13. The summed E-state index contributed by atoms with van der Waals surface area (Å²) >= 11 is 1.53. The first kappa shape index (κ1) is 16.3. The normalized spacial score (nSPS) is 11.0. The molecule has 130 valence electrons. The molecule has 0 aliphatic rings. The number of aromatic nitrogens is 4. The summed E-state index contributed by atoms with van der Waals surface area (Å²) in [6.45, 7) is 3.97. The summed E-state index contributed by atoms with van der Waals surface area (Å²) in [5.41, 5.74) is 3.70. The van der Waals surface area contributed by atoms with Crippen LogP contribution in [0.25, 0.3) is 21.7 Å². The minimum Gasteiger partial charge on any atom is -0.343 e. The Bertz CT molecular complexity index is 1090. The Morgan fingerprint density at radius 1 is 1.12 bits per heavy atom. The van der Waals surface area contributed by atoms with Gasteiger partial charge in [0.15, 0.2) is 0 Å². The number of carbonyl (C=O) groups is 1. The van der Waals surface area contributed by atoms with Crippen molar-refractivity contribution >= 4 is 28.3 Å². The van der Waals surface area contributed by atoms with Crippen molar-refractivity contribution in [1.82, 2.24) is 25.4 Å². The summed E-state index contributed by atoms with van der Waals surface area (Å²) in [5.74, 6) is 0.646. The van der Waals surface area contributed by atoms with Crippen LogP contribution in [0.3, 0.4) is 0 Å². The molecular formula is C18H15N5O2S. The van der Waals surface area contributed by atoms with Gasteiger partial charge in [0.1, 0.15) is 0 Å². The SMILES string of the molecule is Cc1nc2ccc(C(=O)NCc3nc(-c4cccs4)no3)cc2nc1C. The molecule has 3 heterocycles. The van der Waals surface area contributed by atoms with Crippen molar-refractivity contribution < 1.29 is 9.32 Å². The zero-order chi connectivity index (χ0) is 18.1. The molecule has 4 aromatic rings. The summed E-state index contributed by atoms with van der Waals surface area (Å²) in [6, 6.07) is 9.09. The summed E-state index contributed by atoms with van der Waals surface area (Å²) in [6.07, 6.45) is 0. The number of rotatable bonds is 4. The molecule has 7 nitrogen and oxygen atoms in total. The minimum atomic E-state index is -0.234.